The van der Waals surface area contributed by atoms with Crippen molar-refractivity contribution in [3.05, 3.63) is 60.5 Å². The van der Waals surface area contributed by atoms with Crippen molar-refractivity contribution in [2.45, 2.75) is 0 Å². The van der Waals surface area contributed by atoms with Crippen molar-refractivity contribution in [3.63, 3.8) is 0 Å². The SMILES string of the molecule is NS(=O)(=O)Nc1ccc(-c2ncc(-c3ccccc3F)o2)cc1. The number of halogens is 1. The number of hydrogen-bond donors (Lipinski definition) is 2. The molecular weight excluding hydrogens is 321 g/mol. The number of oxazole rings is 1. The predicted molar refractivity (Wildman–Crippen MR) is 84.1 cm³/mol. The number of nitrogens with two attached hydrogens (primary N) is 1. The molecular formula is C15H12FN3O3S. The minimum Gasteiger partial charge on any atom is -0.436 e. The summed E-state index contributed by atoms with van der Waals surface area (Å²) < 4.78 is 43.3. The van der Waals surface area contributed by atoms with Crippen LogP contribution in [0.1, 0.15) is 0 Å². The Kier molecular flexibility index (Phi) is 3.85. The zero-order valence-corrected chi connectivity index (χ0v) is 12.5. The van der Waals surface area contributed by atoms with E-state index in [0.29, 0.717) is 28.5 Å². The standard InChI is InChI=1S/C15H12FN3O3S/c16-13-4-2-1-3-12(13)14-9-18-15(22-14)10-5-7-11(8-6-10)19-23(17,20)21/h1-9,19H,(H2,17,20,21). The molecule has 0 bridgehead atoms. The molecule has 8 heteroatoms. The molecule has 3 N–H and O–H groups in total. The fourth-order valence-electron chi connectivity index (χ4n) is 2.04. The summed E-state index contributed by atoms with van der Waals surface area (Å²) in [7, 11) is -3.82. The summed E-state index contributed by atoms with van der Waals surface area (Å²) in [5, 5.41) is 4.89. The summed E-state index contributed by atoms with van der Waals surface area (Å²) in [6.07, 6.45) is 1.43. The number of rotatable bonds is 4. The molecule has 3 rings (SSSR count). The Balaban J connectivity index is 1.88. The van der Waals surface area contributed by atoms with Crippen LogP contribution in [-0.4, -0.2) is 13.4 Å². The number of nitrogens with zero attached hydrogens (tertiary/aromatic N) is 1. The molecule has 118 valence electrons. The van der Waals surface area contributed by atoms with E-state index in [-0.39, 0.29) is 0 Å². The molecule has 0 fully saturated rings. The first kappa shape index (κ1) is 15.2. The molecule has 0 radical (unpaired) electrons. The first-order valence-electron chi connectivity index (χ1n) is 6.54. The van der Waals surface area contributed by atoms with Gasteiger partial charge in [-0.05, 0) is 36.4 Å². The van der Waals surface area contributed by atoms with E-state index < -0.39 is 16.0 Å². The molecule has 0 atom stereocenters. The van der Waals surface area contributed by atoms with Gasteiger partial charge in [0.1, 0.15) is 5.82 Å². The van der Waals surface area contributed by atoms with Gasteiger partial charge in [0.15, 0.2) is 5.76 Å². The maximum atomic E-state index is 13.7. The number of nitrogens with one attached hydrogen (secondary N) is 1. The van der Waals surface area contributed by atoms with E-state index in [2.05, 4.69) is 9.71 Å². The molecule has 0 spiro atoms. The lowest BCUT2D eigenvalue weighted by Crippen LogP contribution is -2.21. The highest BCUT2D eigenvalue weighted by Gasteiger charge is 2.12. The van der Waals surface area contributed by atoms with Crippen molar-refractivity contribution < 1.29 is 17.2 Å². The van der Waals surface area contributed by atoms with Gasteiger partial charge in [0.25, 0.3) is 10.2 Å². The van der Waals surface area contributed by atoms with Crippen LogP contribution < -0.4 is 9.86 Å². The summed E-state index contributed by atoms with van der Waals surface area (Å²) in [5.74, 6) is 0.207. The van der Waals surface area contributed by atoms with Gasteiger partial charge >= 0.3 is 0 Å². The zero-order chi connectivity index (χ0) is 16.4. The summed E-state index contributed by atoms with van der Waals surface area (Å²) in [4.78, 5) is 4.11. The molecule has 0 saturated heterocycles. The van der Waals surface area contributed by atoms with Crippen molar-refractivity contribution >= 4 is 15.9 Å². The summed E-state index contributed by atoms with van der Waals surface area (Å²) >= 11 is 0. The van der Waals surface area contributed by atoms with E-state index in [1.54, 1.807) is 30.3 Å². The maximum absolute atomic E-state index is 13.7. The van der Waals surface area contributed by atoms with Gasteiger partial charge in [-0.3, -0.25) is 4.72 Å². The van der Waals surface area contributed by atoms with Gasteiger partial charge < -0.3 is 4.42 Å². The maximum Gasteiger partial charge on any atom is 0.296 e. The summed E-state index contributed by atoms with van der Waals surface area (Å²) in [6.45, 7) is 0. The van der Waals surface area contributed by atoms with Crippen LogP contribution in [0.15, 0.2) is 59.1 Å². The topological polar surface area (TPSA) is 98.2 Å². The van der Waals surface area contributed by atoms with Gasteiger partial charge in [0, 0.05) is 11.3 Å². The minimum absolute atomic E-state index is 0.297. The second kappa shape index (κ2) is 5.82. The molecule has 1 aromatic heterocycles. The summed E-state index contributed by atoms with van der Waals surface area (Å²) in [5.41, 5.74) is 1.25. The average molecular weight is 333 g/mol. The van der Waals surface area contributed by atoms with Crippen molar-refractivity contribution in [2.75, 3.05) is 4.72 Å². The molecule has 0 saturated carbocycles. The Hall–Kier alpha value is -2.71. The van der Waals surface area contributed by atoms with Crippen LogP contribution in [0.4, 0.5) is 10.1 Å². The fourth-order valence-corrected chi connectivity index (χ4v) is 2.50. The first-order chi connectivity index (χ1) is 10.9. The van der Waals surface area contributed by atoms with Gasteiger partial charge in [-0.2, -0.15) is 8.42 Å². The van der Waals surface area contributed by atoms with Crippen LogP contribution >= 0.6 is 0 Å². The molecule has 0 aliphatic rings. The van der Waals surface area contributed by atoms with Crippen molar-refractivity contribution in [1.82, 2.24) is 4.98 Å². The average Bonchev–Trinajstić information content (AvgIpc) is 2.96. The molecule has 0 aliphatic carbocycles. The van der Waals surface area contributed by atoms with Gasteiger partial charge in [-0.15, -0.1) is 0 Å². The normalized spacial score (nSPS) is 11.4. The Morgan fingerprint density at radius 2 is 1.78 bits per heavy atom. The van der Waals surface area contributed by atoms with Gasteiger partial charge in [0.2, 0.25) is 5.89 Å². The molecule has 1 heterocycles. The van der Waals surface area contributed by atoms with E-state index in [1.807, 2.05) is 0 Å². The number of hydrogen-bond acceptors (Lipinski definition) is 4. The van der Waals surface area contributed by atoms with E-state index in [1.165, 1.54) is 24.4 Å². The van der Waals surface area contributed by atoms with E-state index in [9.17, 15) is 12.8 Å². The smallest absolute Gasteiger partial charge is 0.296 e. The van der Waals surface area contributed by atoms with Crippen LogP contribution in [0.25, 0.3) is 22.8 Å². The second-order valence-corrected chi connectivity index (χ2v) is 6.03. The Labute approximate surface area is 132 Å². The molecule has 3 aromatic rings. The highest BCUT2D eigenvalue weighted by molar-refractivity contribution is 7.90. The molecule has 2 aromatic carbocycles. The van der Waals surface area contributed by atoms with Crippen LogP contribution in [0.3, 0.4) is 0 Å². The van der Waals surface area contributed by atoms with Crippen LogP contribution in [-0.2, 0) is 10.2 Å². The summed E-state index contributed by atoms with van der Waals surface area (Å²) in [6, 6.07) is 12.5. The molecule has 0 amide bonds. The van der Waals surface area contributed by atoms with Crippen LogP contribution in [0, 0.1) is 5.82 Å². The van der Waals surface area contributed by atoms with E-state index in [4.69, 9.17) is 9.56 Å². The highest BCUT2D eigenvalue weighted by Crippen LogP contribution is 2.28. The van der Waals surface area contributed by atoms with Crippen LogP contribution in [0.2, 0.25) is 0 Å². The number of benzene rings is 2. The van der Waals surface area contributed by atoms with E-state index in [0.717, 1.165) is 0 Å². The lowest BCUT2D eigenvalue weighted by molar-refractivity contribution is 0.575. The Bertz CT molecular complexity index is 937. The lowest BCUT2D eigenvalue weighted by atomic mass is 10.2. The molecule has 23 heavy (non-hydrogen) atoms. The van der Waals surface area contributed by atoms with Crippen molar-refractivity contribution in [2.24, 2.45) is 5.14 Å². The largest absolute Gasteiger partial charge is 0.436 e. The van der Waals surface area contributed by atoms with Crippen molar-refractivity contribution in [3.8, 4) is 22.8 Å². The third-order valence-corrected chi connectivity index (χ3v) is 3.56. The fraction of sp³-hybridized carbons (Fsp3) is 0. The predicted octanol–water partition coefficient (Wildman–Crippen LogP) is 2.76. The Morgan fingerprint density at radius 3 is 2.43 bits per heavy atom. The highest BCUT2D eigenvalue weighted by atomic mass is 32.2. The van der Waals surface area contributed by atoms with Crippen molar-refractivity contribution in [1.29, 1.82) is 0 Å². The van der Waals surface area contributed by atoms with Gasteiger partial charge in [-0.25, -0.2) is 14.5 Å². The number of aromatic nitrogens is 1. The molecule has 6 nitrogen and oxygen atoms in total. The van der Waals surface area contributed by atoms with Gasteiger partial charge in [0.05, 0.1) is 11.8 Å². The second-order valence-electron chi connectivity index (χ2n) is 4.73. The zero-order valence-electron chi connectivity index (χ0n) is 11.7. The quantitative estimate of drug-likeness (QED) is 0.767. The first-order valence-corrected chi connectivity index (χ1v) is 8.09. The van der Waals surface area contributed by atoms with Gasteiger partial charge in [-0.1, -0.05) is 12.1 Å². The number of anilines is 1. The Morgan fingerprint density at radius 1 is 1.09 bits per heavy atom. The lowest BCUT2D eigenvalue weighted by Gasteiger charge is -2.03. The van der Waals surface area contributed by atoms with Crippen LogP contribution in [0.5, 0.6) is 0 Å². The minimum atomic E-state index is -3.82. The molecule has 0 unspecified atom stereocenters. The monoisotopic (exact) mass is 333 g/mol. The third-order valence-electron chi connectivity index (χ3n) is 3.04. The molecule has 0 aliphatic heterocycles. The van der Waals surface area contributed by atoms with E-state index >= 15 is 0 Å². The third kappa shape index (κ3) is 3.55.